The molecule has 7 nitrogen and oxygen atoms in total. The fourth-order valence-electron chi connectivity index (χ4n) is 3.63. The van der Waals surface area contributed by atoms with Crippen molar-refractivity contribution in [3.05, 3.63) is 99.2 Å². The summed E-state index contributed by atoms with van der Waals surface area (Å²) >= 11 is 0. The van der Waals surface area contributed by atoms with E-state index in [1.807, 2.05) is 49.4 Å². The Morgan fingerprint density at radius 3 is 2.67 bits per heavy atom. The fraction of sp³-hybridized carbons (Fsp3) is 0.217. The average molecular weight is 402 g/mol. The highest BCUT2D eigenvalue weighted by molar-refractivity contribution is 6.35. The van der Waals surface area contributed by atoms with Gasteiger partial charge in [-0.25, -0.2) is 0 Å². The largest absolute Gasteiger partial charge is 0.335 e. The molecular weight excluding hydrogens is 380 g/mol. The molecule has 3 heterocycles. The summed E-state index contributed by atoms with van der Waals surface area (Å²) in [6, 6.07) is 14.5. The van der Waals surface area contributed by atoms with Crippen LogP contribution in [0.4, 0.5) is 0 Å². The van der Waals surface area contributed by atoms with E-state index < -0.39 is 17.9 Å². The molecule has 0 spiro atoms. The molecule has 1 aliphatic heterocycles. The minimum absolute atomic E-state index is 0.122. The second-order valence-corrected chi connectivity index (χ2v) is 7.36. The number of aromatic nitrogens is 2. The number of nitrogens with zero attached hydrogens (tertiary/aromatic N) is 2. The Bertz CT molecular complexity index is 1120. The highest BCUT2D eigenvalue weighted by Gasteiger charge is 2.29. The Hall–Kier alpha value is -3.74. The number of pyridine rings is 2. The lowest BCUT2D eigenvalue weighted by Gasteiger charge is -2.28. The normalized spacial score (nSPS) is 14.0. The number of benzene rings is 1. The van der Waals surface area contributed by atoms with E-state index in [1.54, 1.807) is 18.5 Å². The predicted octanol–water partition coefficient (Wildman–Crippen LogP) is 1.87. The first-order valence-corrected chi connectivity index (χ1v) is 9.79. The van der Waals surface area contributed by atoms with E-state index in [0.29, 0.717) is 24.2 Å². The third kappa shape index (κ3) is 4.00. The maximum Gasteiger partial charge on any atom is 0.312 e. The van der Waals surface area contributed by atoms with Crippen LogP contribution in [0, 0.1) is 6.92 Å². The molecule has 7 heteroatoms. The highest BCUT2D eigenvalue weighted by Crippen LogP contribution is 2.21. The molecule has 0 fully saturated rings. The summed E-state index contributed by atoms with van der Waals surface area (Å²) < 4.78 is 0. The number of carbonyl (C=O) groups excluding carboxylic acids is 2. The zero-order valence-corrected chi connectivity index (χ0v) is 16.6. The van der Waals surface area contributed by atoms with Gasteiger partial charge in [0.2, 0.25) is 0 Å². The van der Waals surface area contributed by atoms with Crippen LogP contribution in [-0.4, -0.2) is 33.2 Å². The van der Waals surface area contributed by atoms with Crippen molar-refractivity contribution in [2.24, 2.45) is 0 Å². The quantitative estimate of drug-likeness (QED) is 0.654. The molecule has 2 aromatic heterocycles. The molecule has 1 atom stereocenters. The first kappa shape index (κ1) is 19.6. The van der Waals surface area contributed by atoms with Crippen LogP contribution in [0.3, 0.4) is 0 Å². The van der Waals surface area contributed by atoms with Crippen molar-refractivity contribution in [1.82, 2.24) is 20.2 Å². The van der Waals surface area contributed by atoms with E-state index in [4.69, 9.17) is 0 Å². The molecule has 0 saturated heterocycles. The van der Waals surface area contributed by atoms with Crippen molar-refractivity contribution >= 4 is 11.8 Å². The Morgan fingerprint density at radius 1 is 1.13 bits per heavy atom. The van der Waals surface area contributed by atoms with Crippen LogP contribution in [-0.2, 0) is 22.6 Å². The number of aromatic amines is 1. The van der Waals surface area contributed by atoms with Crippen molar-refractivity contribution < 1.29 is 9.59 Å². The summed E-state index contributed by atoms with van der Waals surface area (Å²) in [6.45, 7) is 2.50. The van der Waals surface area contributed by atoms with Crippen molar-refractivity contribution in [2.45, 2.75) is 25.9 Å². The van der Waals surface area contributed by atoms with Gasteiger partial charge in [0.1, 0.15) is 0 Å². The molecule has 0 aliphatic carbocycles. The van der Waals surface area contributed by atoms with Gasteiger partial charge in [0.05, 0.1) is 18.3 Å². The lowest BCUT2D eigenvalue weighted by Crippen LogP contribution is -2.47. The minimum atomic E-state index is -0.720. The van der Waals surface area contributed by atoms with Crippen LogP contribution in [0.1, 0.15) is 34.0 Å². The number of aryl methyl sites for hydroxylation is 1. The van der Waals surface area contributed by atoms with Gasteiger partial charge in [-0.05, 0) is 42.7 Å². The van der Waals surface area contributed by atoms with Crippen LogP contribution >= 0.6 is 0 Å². The number of hydrogen-bond acceptors (Lipinski definition) is 4. The van der Waals surface area contributed by atoms with Crippen LogP contribution in [0.5, 0.6) is 0 Å². The second-order valence-electron chi connectivity index (χ2n) is 7.36. The van der Waals surface area contributed by atoms with E-state index in [0.717, 1.165) is 16.7 Å². The summed E-state index contributed by atoms with van der Waals surface area (Å²) in [7, 11) is 0. The van der Waals surface area contributed by atoms with Gasteiger partial charge in [0, 0.05) is 24.5 Å². The van der Waals surface area contributed by atoms with Gasteiger partial charge in [-0.3, -0.25) is 19.4 Å². The second kappa shape index (κ2) is 8.32. The zero-order valence-electron chi connectivity index (χ0n) is 16.6. The van der Waals surface area contributed by atoms with E-state index in [9.17, 15) is 14.4 Å². The molecule has 1 aromatic carbocycles. The fourth-order valence-corrected chi connectivity index (χ4v) is 3.63. The van der Waals surface area contributed by atoms with E-state index >= 15 is 0 Å². The Labute approximate surface area is 173 Å². The Balaban J connectivity index is 1.55. The predicted molar refractivity (Wildman–Crippen MR) is 112 cm³/mol. The van der Waals surface area contributed by atoms with Crippen LogP contribution in [0.15, 0.2) is 65.7 Å². The first-order chi connectivity index (χ1) is 14.5. The van der Waals surface area contributed by atoms with Crippen molar-refractivity contribution in [2.75, 3.05) is 6.54 Å². The van der Waals surface area contributed by atoms with Gasteiger partial charge in [-0.15, -0.1) is 0 Å². The Kier molecular flexibility index (Phi) is 5.43. The van der Waals surface area contributed by atoms with Gasteiger partial charge in [-0.2, -0.15) is 0 Å². The van der Waals surface area contributed by atoms with Crippen molar-refractivity contribution in [3.8, 4) is 0 Å². The van der Waals surface area contributed by atoms with Crippen LogP contribution in [0.25, 0.3) is 0 Å². The topological polar surface area (TPSA) is 95.2 Å². The van der Waals surface area contributed by atoms with Gasteiger partial charge < -0.3 is 15.2 Å². The lowest BCUT2D eigenvalue weighted by molar-refractivity contribution is -0.146. The van der Waals surface area contributed by atoms with Gasteiger partial charge >= 0.3 is 11.8 Å². The number of carbonyl (C=O) groups is 2. The molecule has 2 amide bonds. The number of amides is 2. The summed E-state index contributed by atoms with van der Waals surface area (Å²) in [4.78, 5) is 46.2. The number of H-pyrrole nitrogens is 1. The van der Waals surface area contributed by atoms with Gasteiger partial charge in [0.25, 0.3) is 5.56 Å². The SMILES string of the molecule is Cc1ccc(C(NC(=O)C(=O)N2CCc3cc[nH]c(=O)c3C2)c2ccccn2)cc1. The molecule has 1 unspecified atom stereocenters. The first-order valence-electron chi connectivity index (χ1n) is 9.79. The molecule has 1 aliphatic rings. The van der Waals surface area contributed by atoms with E-state index in [2.05, 4.69) is 15.3 Å². The number of fused-ring (bicyclic) bond motifs is 1. The lowest BCUT2D eigenvalue weighted by atomic mass is 10.0. The molecule has 3 aromatic rings. The number of nitrogens with one attached hydrogen (secondary N) is 2. The molecular formula is C23H22N4O3. The Morgan fingerprint density at radius 2 is 1.93 bits per heavy atom. The monoisotopic (exact) mass is 402 g/mol. The molecule has 30 heavy (non-hydrogen) atoms. The summed E-state index contributed by atoms with van der Waals surface area (Å²) in [5, 5.41) is 2.83. The zero-order chi connectivity index (χ0) is 21.1. The molecule has 4 rings (SSSR count). The molecule has 0 bridgehead atoms. The standard InChI is InChI=1S/C23H22N4O3/c1-15-5-7-17(8-6-15)20(19-4-2-3-11-24-19)26-22(29)23(30)27-13-10-16-9-12-25-21(28)18(16)14-27/h2-9,11-12,20H,10,13-14H2,1H3,(H,25,28)(H,26,29). The van der Waals surface area contributed by atoms with Crippen molar-refractivity contribution in [3.63, 3.8) is 0 Å². The smallest absolute Gasteiger partial charge is 0.312 e. The molecule has 152 valence electrons. The van der Waals surface area contributed by atoms with Crippen LogP contribution < -0.4 is 10.9 Å². The average Bonchev–Trinajstić information content (AvgIpc) is 2.78. The third-order valence-electron chi connectivity index (χ3n) is 5.31. The van der Waals surface area contributed by atoms with Gasteiger partial charge in [-0.1, -0.05) is 35.9 Å². The molecule has 2 N–H and O–H groups in total. The molecule has 0 saturated carbocycles. The number of hydrogen-bond donors (Lipinski definition) is 2. The maximum absolute atomic E-state index is 12.9. The van der Waals surface area contributed by atoms with E-state index in [-0.39, 0.29) is 12.1 Å². The maximum atomic E-state index is 12.9. The summed E-state index contributed by atoms with van der Waals surface area (Å²) in [6.07, 6.45) is 3.79. The summed E-state index contributed by atoms with van der Waals surface area (Å²) in [5.74, 6) is -1.38. The van der Waals surface area contributed by atoms with Crippen molar-refractivity contribution in [1.29, 1.82) is 0 Å². The highest BCUT2D eigenvalue weighted by atomic mass is 16.2. The summed E-state index contributed by atoms with van der Waals surface area (Å²) in [5.41, 5.74) is 3.79. The minimum Gasteiger partial charge on any atom is -0.335 e. The third-order valence-corrected chi connectivity index (χ3v) is 5.31. The van der Waals surface area contributed by atoms with Crippen LogP contribution in [0.2, 0.25) is 0 Å². The molecule has 0 radical (unpaired) electrons. The van der Waals surface area contributed by atoms with E-state index in [1.165, 1.54) is 4.90 Å². The number of rotatable bonds is 3. The van der Waals surface area contributed by atoms with Gasteiger partial charge in [0.15, 0.2) is 0 Å².